The number of hydrogen-bond acceptors (Lipinski definition) is 2. The number of amides is 1. The van der Waals surface area contributed by atoms with E-state index in [1.807, 2.05) is 0 Å². The van der Waals surface area contributed by atoms with Crippen LogP contribution in [0.5, 0.6) is 0 Å². The summed E-state index contributed by atoms with van der Waals surface area (Å²) in [5.41, 5.74) is 0. The van der Waals surface area contributed by atoms with Crippen LogP contribution in [0.1, 0.15) is 44.9 Å². The average Bonchev–Trinajstić information content (AvgIpc) is 3.01. The van der Waals surface area contributed by atoms with Gasteiger partial charge in [-0.3, -0.25) is 4.79 Å². The minimum Gasteiger partial charge on any atom is -0.356 e. The molecule has 0 spiro atoms. The fourth-order valence-electron chi connectivity index (χ4n) is 3.70. The summed E-state index contributed by atoms with van der Waals surface area (Å²) in [5.74, 6) is 1.34. The van der Waals surface area contributed by atoms with E-state index in [0.717, 1.165) is 18.9 Å². The van der Waals surface area contributed by atoms with E-state index in [1.165, 1.54) is 38.5 Å². The molecular weight excluding hydrogens is 200 g/mol. The van der Waals surface area contributed by atoms with E-state index in [1.54, 1.807) is 0 Å². The summed E-state index contributed by atoms with van der Waals surface area (Å²) in [5, 5.41) is 6.70. The molecule has 3 heteroatoms. The van der Waals surface area contributed by atoms with Crippen molar-refractivity contribution in [3.05, 3.63) is 0 Å². The van der Waals surface area contributed by atoms with Crippen LogP contribution in [-0.2, 0) is 4.79 Å². The molecule has 2 N–H and O–H groups in total. The van der Waals surface area contributed by atoms with Crippen molar-refractivity contribution in [2.24, 2.45) is 11.8 Å². The molecule has 1 amide bonds. The highest BCUT2D eigenvalue weighted by Crippen LogP contribution is 2.33. The lowest BCUT2D eigenvalue weighted by atomic mass is 9.88. The number of rotatable bonds is 3. The topological polar surface area (TPSA) is 41.1 Å². The van der Waals surface area contributed by atoms with Gasteiger partial charge in [0.05, 0.1) is 5.92 Å². The molecule has 3 fully saturated rings. The highest BCUT2D eigenvalue weighted by molar-refractivity contribution is 5.80. The van der Waals surface area contributed by atoms with Crippen LogP contribution >= 0.6 is 0 Å². The van der Waals surface area contributed by atoms with Gasteiger partial charge in [-0.05, 0) is 38.0 Å². The maximum Gasteiger partial charge on any atom is 0.224 e. The minimum atomic E-state index is 0.264. The summed E-state index contributed by atoms with van der Waals surface area (Å²) in [6.45, 7) is 0.923. The van der Waals surface area contributed by atoms with Crippen LogP contribution in [0.2, 0.25) is 0 Å². The van der Waals surface area contributed by atoms with Crippen LogP contribution in [0, 0.1) is 11.8 Å². The highest BCUT2D eigenvalue weighted by Gasteiger charge is 2.42. The van der Waals surface area contributed by atoms with Gasteiger partial charge in [0.2, 0.25) is 5.91 Å². The van der Waals surface area contributed by atoms with Gasteiger partial charge in [0.1, 0.15) is 0 Å². The number of hydrogen-bond donors (Lipinski definition) is 2. The standard InChI is InChI=1S/C13H22N2O/c16-13(14-8-9-3-1-2-4-9)11-7-10-5-6-12(11)15-10/h9-12,15H,1-8H2,(H,14,16). The third-order valence-electron chi connectivity index (χ3n) is 4.68. The van der Waals surface area contributed by atoms with E-state index < -0.39 is 0 Å². The first-order chi connectivity index (χ1) is 7.83. The molecule has 90 valence electrons. The Kier molecular flexibility index (Phi) is 2.88. The summed E-state index contributed by atoms with van der Waals surface area (Å²) in [4.78, 5) is 12.0. The van der Waals surface area contributed by atoms with Crippen molar-refractivity contribution >= 4 is 5.91 Å². The van der Waals surface area contributed by atoms with E-state index >= 15 is 0 Å². The zero-order chi connectivity index (χ0) is 11.0. The molecule has 3 rings (SSSR count). The van der Waals surface area contributed by atoms with Crippen molar-refractivity contribution in [3.8, 4) is 0 Å². The van der Waals surface area contributed by atoms with Gasteiger partial charge < -0.3 is 10.6 Å². The number of carbonyl (C=O) groups excluding carboxylic acids is 1. The second kappa shape index (κ2) is 4.36. The maximum atomic E-state index is 12.0. The van der Waals surface area contributed by atoms with Crippen molar-refractivity contribution in [2.45, 2.75) is 57.0 Å². The van der Waals surface area contributed by atoms with Crippen LogP contribution < -0.4 is 10.6 Å². The van der Waals surface area contributed by atoms with E-state index in [4.69, 9.17) is 0 Å². The van der Waals surface area contributed by atoms with Crippen molar-refractivity contribution in [1.29, 1.82) is 0 Å². The molecule has 0 aromatic rings. The van der Waals surface area contributed by atoms with Crippen LogP contribution in [0.25, 0.3) is 0 Å². The van der Waals surface area contributed by atoms with Crippen molar-refractivity contribution < 1.29 is 4.79 Å². The van der Waals surface area contributed by atoms with Gasteiger partial charge >= 0.3 is 0 Å². The van der Waals surface area contributed by atoms with Crippen molar-refractivity contribution in [1.82, 2.24) is 10.6 Å². The molecule has 3 aliphatic rings. The Morgan fingerprint density at radius 1 is 1.19 bits per heavy atom. The van der Waals surface area contributed by atoms with Crippen LogP contribution in [0.4, 0.5) is 0 Å². The van der Waals surface area contributed by atoms with Gasteiger partial charge in [0.25, 0.3) is 0 Å². The van der Waals surface area contributed by atoms with Gasteiger partial charge in [-0.15, -0.1) is 0 Å². The van der Waals surface area contributed by atoms with Crippen LogP contribution in [-0.4, -0.2) is 24.5 Å². The average molecular weight is 222 g/mol. The molecular formula is C13H22N2O. The Morgan fingerprint density at radius 2 is 2.00 bits per heavy atom. The summed E-state index contributed by atoms with van der Waals surface area (Å²) in [6.07, 6.45) is 8.89. The first-order valence-electron chi connectivity index (χ1n) is 6.86. The Balaban J connectivity index is 1.46. The number of carbonyl (C=O) groups is 1. The monoisotopic (exact) mass is 222 g/mol. The molecule has 0 aromatic heterocycles. The smallest absolute Gasteiger partial charge is 0.224 e. The molecule has 1 saturated carbocycles. The summed E-state index contributed by atoms with van der Waals surface area (Å²) in [7, 11) is 0. The lowest BCUT2D eigenvalue weighted by Gasteiger charge is -2.20. The quantitative estimate of drug-likeness (QED) is 0.758. The largest absolute Gasteiger partial charge is 0.356 e. The van der Waals surface area contributed by atoms with E-state index in [-0.39, 0.29) is 5.92 Å². The normalized spacial score (nSPS) is 38.1. The molecule has 0 aromatic carbocycles. The predicted octanol–water partition coefficient (Wildman–Crippen LogP) is 1.43. The molecule has 2 heterocycles. The Hall–Kier alpha value is -0.570. The second-order valence-corrected chi connectivity index (χ2v) is 5.79. The minimum absolute atomic E-state index is 0.264. The van der Waals surface area contributed by atoms with Crippen molar-refractivity contribution in [3.63, 3.8) is 0 Å². The molecule has 3 nitrogen and oxygen atoms in total. The molecule has 16 heavy (non-hydrogen) atoms. The number of nitrogens with one attached hydrogen (secondary N) is 2. The van der Waals surface area contributed by atoms with Gasteiger partial charge in [-0.1, -0.05) is 12.8 Å². The zero-order valence-electron chi connectivity index (χ0n) is 9.87. The van der Waals surface area contributed by atoms with Gasteiger partial charge in [-0.2, -0.15) is 0 Å². The van der Waals surface area contributed by atoms with Gasteiger partial charge in [0.15, 0.2) is 0 Å². The summed E-state index contributed by atoms with van der Waals surface area (Å²) < 4.78 is 0. The molecule has 1 aliphatic carbocycles. The molecule has 2 bridgehead atoms. The maximum absolute atomic E-state index is 12.0. The Labute approximate surface area is 97.4 Å². The Morgan fingerprint density at radius 3 is 2.62 bits per heavy atom. The third-order valence-corrected chi connectivity index (χ3v) is 4.68. The fourth-order valence-corrected chi connectivity index (χ4v) is 3.70. The first kappa shape index (κ1) is 10.6. The van der Waals surface area contributed by atoms with E-state index in [9.17, 15) is 4.79 Å². The SMILES string of the molecule is O=C(NCC1CCCC1)C1CC2CCC1N2. The molecule has 3 unspecified atom stereocenters. The first-order valence-corrected chi connectivity index (χ1v) is 6.86. The lowest BCUT2D eigenvalue weighted by Crippen LogP contribution is -2.39. The summed E-state index contributed by atoms with van der Waals surface area (Å²) in [6, 6.07) is 1.11. The van der Waals surface area contributed by atoms with Crippen LogP contribution in [0.15, 0.2) is 0 Å². The Bertz CT molecular complexity index is 273. The fraction of sp³-hybridized carbons (Fsp3) is 0.923. The zero-order valence-corrected chi connectivity index (χ0v) is 9.87. The molecule has 2 aliphatic heterocycles. The van der Waals surface area contributed by atoms with E-state index in [2.05, 4.69) is 10.6 Å². The van der Waals surface area contributed by atoms with Crippen molar-refractivity contribution in [2.75, 3.05) is 6.54 Å². The van der Waals surface area contributed by atoms with Gasteiger partial charge in [0, 0.05) is 18.6 Å². The lowest BCUT2D eigenvalue weighted by molar-refractivity contribution is -0.125. The second-order valence-electron chi connectivity index (χ2n) is 5.79. The molecule has 0 radical (unpaired) electrons. The number of fused-ring (bicyclic) bond motifs is 2. The predicted molar refractivity (Wildman–Crippen MR) is 63.0 cm³/mol. The third kappa shape index (κ3) is 1.97. The molecule has 2 saturated heterocycles. The van der Waals surface area contributed by atoms with E-state index in [0.29, 0.717) is 18.0 Å². The van der Waals surface area contributed by atoms with Crippen LogP contribution in [0.3, 0.4) is 0 Å². The highest BCUT2D eigenvalue weighted by atomic mass is 16.1. The molecule has 3 atom stereocenters. The summed E-state index contributed by atoms with van der Waals surface area (Å²) >= 11 is 0. The van der Waals surface area contributed by atoms with Gasteiger partial charge in [-0.25, -0.2) is 0 Å².